The Morgan fingerprint density at radius 1 is 1.21 bits per heavy atom. The number of hydrogen-bond acceptors (Lipinski definition) is 2. The normalized spacial score (nSPS) is 10.3. The average Bonchev–Trinajstić information content (AvgIpc) is 2.41. The van der Waals surface area contributed by atoms with Crippen LogP contribution in [0.5, 0.6) is 0 Å². The number of anilines is 1. The van der Waals surface area contributed by atoms with Gasteiger partial charge < -0.3 is 4.90 Å². The van der Waals surface area contributed by atoms with Gasteiger partial charge in [0.1, 0.15) is 5.82 Å². The second-order valence-corrected chi connectivity index (χ2v) is 4.80. The maximum absolute atomic E-state index is 13.1. The summed E-state index contributed by atoms with van der Waals surface area (Å²) in [7, 11) is 1.70. The Bertz CT molecular complexity index is 627. The molecule has 1 amide bonds. The number of para-hydroxylation sites is 1. The van der Waals surface area contributed by atoms with Gasteiger partial charge in [-0.25, -0.2) is 4.39 Å². The van der Waals surface area contributed by atoms with E-state index in [1.54, 1.807) is 11.9 Å². The Labute approximate surface area is 117 Å². The van der Waals surface area contributed by atoms with Gasteiger partial charge in [-0.2, -0.15) is 0 Å². The van der Waals surface area contributed by atoms with Crippen molar-refractivity contribution in [1.29, 1.82) is 0 Å². The monoisotopic (exact) mass is 275 g/mol. The van der Waals surface area contributed by atoms with Crippen LogP contribution in [0.25, 0.3) is 0 Å². The summed E-state index contributed by atoms with van der Waals surface area (Å²) in [5, 5.41) is 0. The van der Waals surface area contributed by atoms with Crippen LogP contribution in [0, 0.1) is 12.7 Å². The average molecular weight is 275 g/mol. The highest BCUT2D eigenvalue weighted by Crippen LogP contribution is 2.21. The number of carbonyl (C=O) groups excluding carboxylic acids is 1. The van der Waals surface area contributed by atoms with Crippen LogP contribution < -0.4 is 4.90 Å². The van der Waals surface area contributed by atoms with Crippen LogP contribution in [-0.2, 0) is 0 Å². The highest BCUT2D eigenvalue weighted by atomic mass is 32.1. The lowest BCUT2D eigenvalue weighted by Gasteiger charge is -2.19. The third-order valence-corrected chi connectivity index (χ3v) is 3.32. The standard InChI is InChI=1S/C15H14FNOS/c1-10-5-3-4-6-13(10)17(2)15(18)11-7-8-12(16)14(19)9-11/h3-9,19H,1-2H3. The van der Waals surface area contributed by atoms with Gasteiger partial charge in [0.2, 0.25) is 0 Å². The third-order valence-electron chi connectivity index (χ3n) is 2.97. The van der Waals surface area contributed by atoms with Crippen LogP contribution in [-0.4, -0.2) is 13.0 Å². The van der Waals surface area contributed by atoms with Crippen molar-refractivity contribution in [3.63, 3.8) is 0 Å². The first kappa shape index (κ1) is 13.6. The Balaban J connectivity index is 2.34. The van der Waals surface area contributed by atoms with E-state index in [1.807, 2.05) is 31.2 Å². The summed E-state index contributed by atoms with van der Waals surface area (Å²) < 4.78 is 13.1. The van der Waals surface area contributed by atoms with Gasteiger partial charge in [0.15, 0.2) is 0 Å². The van der Waals surface area contributed by atoms with Gasteiger partial charge >= 0.3 is 0 Å². The van der Waals surface area contributed by atoms with E-state index < -0.39 is 5.82 Å². The van der Waals surface area contributed by atoms with Gasteiger partial charge in [0.05, 0.1) is 0 Å². The van der Waals surface area contributed by atoms with Crippen LogP contribution >= 0.6 is 12.6 Å². The minimum absolute atomic E-state index is 0.170. The summed E-state index contributed by atoms with van der Waals surface area (Å²) in [5.41, 5.74) is 2.25. The summed E-state index contributed by atoms with van der Waals surface area (Å²) in [4.78, 5) is 14.1. The molecule has 0 spiro atoms. The predicted molar refractivity (Wildman–Crippen MR) is 77.6 cm³/mol. The summed E-state index contributed by atoms with van der Waals surface area (Å²) in [6, 6.07) is 11.8. The lowest BCUT2D eigenvalue weighted by Crippen LogP contribution is -2.26. The van der Waals surface area contributed by atoms with Gasteiger partial charge in [-0.3, -0.25) is 4.79 Å². The molecule has 98 valence electrons. The van der Waals surface area contributed by atoms with Crippen LogP contribution in [0.15, 0.2) is 47.4 Å². The SMILES string of the molecule is Cc1ccccc1N(C)C(=O)c1ccc(F)c(S)c1. The zero-order valence-corrected chi connectivity index (χ0v) is 11.6. The highest BCUT2D eigenvalue weighted by molar-refractivity contribution is 7.80. The first-order valence-electron chi connectivity index (χ1n) is 5.83. The molecule has 0 heterocycles. The van der Waals surface area contributed by atoms with E-state index in [0.29, 0.717) is 5.56 Å². The van der Waals surface area contributed by atoms with Crippen LogP contribution in [0.2, 0.25) is 0 Å². The molecule has 0 unspecified atom stereocenters. The smallest absolute Gasteiger partial charge is 0.258 e. The summed E-state index contributed by atoms with van der Waals surface area (Å²) >= 11 is 3.99. The number of hydrogen-bond donors (Lipinski definition) is 1. The number of rotatable bonds is 2. The zero-order valence-electron chi connectivity index (χ0n) is 10.7. The molecule has 0 N–H and O–H groups in total. The van der Waals surface area contributed by atoms with E-state index in [4.69, 9.17) is 0 Å². The topological polar surface area (TPSA) is 20.3 Å². The van der Waals surface area contributed by atoms with Crippen molar-refractivity contribution in [3.05, 3.63) is 59.4 Å². The van der Waals surface area contributed by atoms with Crippen LogP contribution in [0.3, 0.4) is 0 Å². The fraction of sp³-hybridized carbons (Fsp3) is 0.133. The van der Waals surface area contributed by atoms with Crippen molar-refractivity contribution in [3.8, 4) is 0 Å². The number of aryl methyl sites for hydroxylation is 1. The molecule has 4 heteroatoms. The van der Waals surface area contributed by atoms with E-state index >= 15 is 0 Å². The fourth-order valence-electron chi connectivity index (χ4n) is 1.89. The van der Waals surface area contributed by atoms with Gasteiger partial charge in [-0.1, -0.05) is 18.2 Å². The van der Waals surface area contributed by atoms with E-state index in [0.717, 1.165) is 11.3 Å². The van der Waals surface area contributed by atoms with E-state index in [9.17, 15) is 9.18 Å². The van der Waals surface area contributed by atoms with E-state index in [-0.39, 0.29) is 10.8 Å². The fourth-order valence-corrected chi connectivity index (χ4v) is 2.10. The molecule has 0 atom stereocenters. The minimum atomic E-state index is -0.432. The molecule has 0 saturated carbocycles. The second kappa shape index (κ2) is 5.45. The second-order valence-electron chi connectivity index (χ2n) is 4.32. The summed E-state index contributed by atoms with van der Waals surface area (Å²) in [5.74, 6) is -0.622. The first-order chi connectivity index (χ1) is 9.00. The molecule has 0 aromatic heterocycles. The van der Waals surface area contributed by atoms with Crippen LogP contribution in [0.1, 0.15) is 15.9 Å². The molecule has 0 aliphatic heterocycles. The Kier molecular flexibility index (Phi) is 3.90. The Morgan fingerprint density at radius 2 is 1.89 bits per heavy atom. The molecule has 2 aromatic carbocycles. The Morgan fingerprint density at radius 3 is 2.53 bits per heavy atom. The number of amides is 1. The lowest BCUT2D eigenvalue weighted by atomic mass is 10.1. The quantitative estimate of drug-likeness (QED) is 0.829. The van der Waals surface area contributed by atoms with Gasteiger partial charge in [-0.15, -0.1) is 12.6 Å². The lowest BCUT2D eigenvalue weighted by molar-refractivity contribution is 0.0992. The van der Waals surface area contributed by atoms with Gasteiger partial charge in [0, 0.05) is 23.2 Å². The van der Waals surface area contributed by atoms with Crippen molar-refractivity contribution >= 4 is 24.2 Å². The Hall–Kier alpha value is -1.81. The number of carbonyl (C=O) groups is 1. The van der Waals surface area contributed by atoms with E-state index in [1.165, 1.54) is 18.2 Å². The van der Waals surface area contributed by atoms with Crippen molar-refractivity contribution < 1.29 is 9.18 Å². The van der Waals surface area contributed by atoms with Crippen molar-refractivity contribution in [1.82, 2.24) is 0 Å². The number of nitrogens with zero attached hydrogens (tertiary/aromatic N) is 1. The van der Waals surface area contributed by atoms with Gasteiger partial charge in [0.25, 0.3) is 5.91 Å². The van der Waals surface area contributed by atoms with Gasteiger partial charge in [-0.05, 0) is 36.8 Å². The first-order valence-corrected chi connectivity index (χ1v) is 6.27. The molecule has 2 rings (SSSR count). The molecule has 0 fully saturated rings. The van der Waals surface area contributed by atoms with Crippen molar-refractivity contribution in [2.45, 2.75) is 11.8 Å². The molecular formula is C15H14FNOS. The third kappa shape index (κ3) is 2.79. The highest BCUT2D eigenvalue weighted by Gasteiger charge is 2.15. The number of benzene rings is 2. The zero-order chi connectivity index (χ0) is 14.0. The maximum atomic E-state index is 13.1. The predicted octanol–water partition coefficient (Wildman–Crippen LogP) is 3.70. The maximum Gasteiger partial charge on any atom is 0.258 e. The molecule has 2 aromatic rings. The summed E-state index contributed by atoms with van der Waals surface area (Å²) in [6.07, 6.45) is 0. The van der Waals surface area contributed by atoms with E-state index in [2.05, 4.69) is 12.6 Å². The molecule has 2 nitrogen and oxygen atoms in total. The minimum Gasteiger partial charge on any atom is -0.311 e. The summed E-state index contributed by atoms with van der Waals surface area (Å²) in [6.45, 7) is 1.94. The van der Waals surface area contributed by atoms with Crippen LogP contribution in [0.4, 0.5) is 10.1 Å². The molecule has 0 saturated heterocycles. The molecule has 0 radical (unpaired) electrons. The van der Waals surface area contributed by atoms with Crippen molar-refractivity contribution in [2.75, 3.05) is 11.9 Å². The molecule has 0 bridgehead atoms. The number of halogens is 1. The molecular weight excluding hydrogens is 261 g/mol. The van der Waals surface area contributed by atoms with Crippen molar-refractivity contribution in [2.24, 2.45) is 0 Å². The largest absolute Gasteiger partial charge is 0.311 e. The molecule has 19 heavy (non-hydrogen) atoms. The molecule has 0 aliphatic carbocycles. The molecule has 0 aliphatic rings. The number of thiol groups is 1.